The van der Waals surface area contributed by atoms with Crippen molar-refractivity contribution >= 4 is 43.2 Å². The molecule has 1 aliphatic heterocycles. The van der Waals surface area contributed by atoms with Crippen LogP contribution >= 0.6 is 0 Å². The van der Waals surface area contributed by atoms with E-state index in [2.05, 4.69) is 0 Å². The van der Waals surface area contributed by atoms with E-state index in [0.717, 1.165) is 27.4 Å². The van der Waals surface area contributed by atoms with Gasteiger partial charge in [0.1, 0.15) is 10.5 Å². The van der Waals surface area contributed by atoms with Crippen molar-refractivity contribution in [1.29, 1.82) is 0 Å². The number of hydrogen-bond donors (Lipinski definition) is 0. The van der Waals surface area contributed by atoms with Crippen molar-refractivity contribution in [1.82, 2.24) is 5.06 Å². The minimum Gasteiger partial charge on any atom is -0.465 e. The Labute approximate surface area is 159 Å². The number of imide groups is 1. The Balaban J connectivity index is 2.66. The second-order valence-corrected chi connectivity index (χ2v) is 11.1. The smallest absolute Gasteiger partial charge is 0.364 e. The van der Waals surface area contributed by atoms with Crippen molar-refractivity contribution in [3.05, 3.63) is 27.8 Å². The number of benzene rings is 1. The van der Waals surface area contributed by atoms with Crippen LogP contribution in [0.2, 0.25) is 0 Å². The zero-order valence-electron chi connectivity index (χ0n) is 16.6. The highest BCUT2D eigenvalue weighted by Gasteiger charge is 2.36. The maximum absolute atomic E-state index is 13.1. The van der Waals surface area contributed by atoms with Crippen molar-refractivity contribution in [3.63, 3.8) is 0 Å². The van der Waals surface area contributed by atoms with E-state index in [1.165, 1.54) is 0 Å². The molecule has 26 heavy (non-hydrogen) atoms. The monoisotopic (exact) mass is 393 g/mol. The summed E-state index contributed by atoms with van der Waals surface area (Å²) < 4.78 is 5.60. The maximum Gasteiger partial charge on any atom is 0.364 e. The molecule has 1 aliphatic rings. The van der Waals surface area contributed by atoms with Gasteiger partial charge in [-0.15, -0.1) is 5.06 Å². The molecular weight excluding hydrogens is 366 g/mol. The summed E-state index contributed by atoms with van der Waals surface area (Å²) in [7, 11) is -0.511. The Morgan fingerprint density at radius 1 is 1.04 bits per heavy atom. The van der Waals surface area contributed by atoms with Crippen LogP contribution in [0, 0.1) is 20.8 Å². The number of hydroxylamine groups is 2. The standard InChI is InChI=1S/C18H27NO5Si2/c1-9-10(2)15(18(4,5)6)14(16(11(9)3)26-24-25)17(22)23-19-12(20)7-8-13(19)21/h7-8,26H2,1-6,25H3. The number of carbonyl (C=O) groups excluding carboxylic acids is 3. The molecule has 8 heteroatoms. The predicted octanol–water partition coefficient (Wildman–Crippen LogP) is 0.136. The van der Waals surface area contributed by atoms with Crippen molar-refractivity contribution < 1.29 is 23.3 Å². The van der Waals surface area contributed by atoms with Crippen LogP contribution in [-0.2, 0) is 24.0 Å². The van der Waals surface area contributed by atoms with Gasteiger partial charge < -0.3 is 8.95 Å². The molecule has 0 unspecified atom stereocenters. The molecule has 0 bridgehead atoms. The summed E-state index contributed by atoms with van der Waals surface area (Å²) in [5, 5.41) is 1.52. The van der Waals surface area contributed by atoms with E-state index in [-0.39, 0.29) is 18.3 Å². The van der Waals surface area contributed by atoms with Gasteiger partial charge in [-0.3, -0.25) is 9.59 Å². The fourth-order valence-corrected chi connectivity index (χ4v) is 5.60. The topological polar surface area (TPSA) is 72.9 Å². The van der Waals surface area contributed by atoms with Gasteiger partial charge in [-0.2, -0.15) is 0 Å². The first-order valence-electron chi connectivity index (χ1n) is 8.70. The molecule has 6 nitrogen and oxygen atoms in total. The average Bonchev–Trinajstić information content (AvgIpc) is 2.85. The lowest BCUT2D eigenvalue weighted by molar-refractivity contribution is -0.172. The largest absolute Gasteiger partial charge is 0.465 e. The molecular formula is C18H27NO5Si2. The Hall–Kier alpha value is -1.78. The zero-order chi connectivity index (χ0) is 19.8. The van der Waals surface area contributed by atoms with Gasteiger partial charge in [0.05, 0.1) is 5.56 Å². The quantitative estimate of drug-likeness (QED) is 0.537. The minimum atomic E-state index is -1.10. The lowest BCUT2D eigenvalue weighted by Crippen LogP contribution is -2.38. The van der Waals surface area contributed by atoms with Gasteiger partial charge in [0.2, 0.25) is 0 Å². The second kappa shape index (κ2) is 7.46. The molecule has 0 radical (unpaired) electrons. The van der Waals surface area contributed by atoms with Crippen molar-refractivity contribution in [3.8, 4) is 0 Å². The molecule has 142 valence electrons. The van der Waals surface area contributed by atoms with E-state index in [0.29, 0.717) is 21.1 Å². The molecule has 0 saturated carbocycles. The first kappa shape index (κ1) is 20.5. The molecule has 0 spiro atoms. The first-order chi connectivity index (χ1) is 12.0. The Kier molecular flexibility index (Phi) is 5.89. The molecule has 1 aromatic rings. The Bertz CT molecular complexity index is 767. The third kappa shape index (κ3) is 3.67. The normalized spacial score (nSPS) is 15.5. The van der Waals surface area contributed by atoms with Gasteiger partial charge >= 0.3 is 5.97 Å². The number of amides is 2. The van der Waals surface area contributed by atoms with E-state index in [1.54, 1.807) is 0 Å². The van der Waals surface area contributed by atoms with Gasteiger partial charge in [0, 0.05) is 12.8 Å². The fraction of sp³-hybridized carbons (Fsp3) is 0.500. The number of rotatable bonds is 4. The summed E-state index contributed by atoms with van der Waals surface area (Å²) >= 11 is 0. The maximum atomic E-state index is 13.1. The zero-order valence-corrected chi connectivity index (χ0v) is 20.0. The van der Waals surface area contributed by atoms with E-state index in [1.807, 2.05) is 41.5 Å². The van der Waals surface area contributed by atoms with Gasteiger partial charge in [0.25, 0.3) is 11.8 Å². The summed E-state index contributed by atoms with van der Waals surface area (Å²) in [6.45, 7) is 12.2. The number of nitrogens with zero attached hydrogens (tertiary/aromatic N) is 1. The van der Waals surface area contributed by atoms with Crippen molar-refractivity contribution in [2.24, 2.45) is 0 Å². The SMILES string of the molecule is Cc1c(C)c([SiH2]O[SiH3])c(C(=O)ON2C(=O)CCC2=O)c(C(C)(C)C)c1C. The van der Waals surface area contributed by atoms with Crippen LogP contribution in [0.5, 0.6) is 0 Å². The van der Waals surface area contributed by atoms with Gasteiger partial charge in [-0.25, -0.2) is 4.79 Å². The molecule has 1 saturated heterocycles. The predicted molar refractivity (Wildman–Crippen MR) is 105 cm³/mol. The highest BCUT2D eigenvalue weighted by atomic mass is 28.3. The lowest BCUT2D eigenvalue weighted by Gasteiger charge is -2.29. The van der Waals surface area contributed by atoms with Crippen LogP contribution in [0.1, 0.15) is 66.2 Å². The van der Waals surface area contributed by atoms with Gasteiger partial charge in [-0.1, -0.05) is 20.8 Å². The molecule has 1 fully saturated rings. The van der Waals surface area contributed by atoms with E-state index in [4.69, 9.17) is 8.95 Å². The van der Waals surface area contributed by atoms with Crippen molar-refractivity contribution in [2.45, 2.75) is 59.8 Å². The van der Waals surface area contributed by atoms with Crippen LogP contribution in [0.15, 0.2) is 0 Å². The number of carbonyl (C=O) groups is 3. The average molecular weight is 394 g/mol. The third-order valence-electron chi connectivity index (χ3n) is 4.93. The van der Waals surface area contributed by atoms with Crippen LogP contribution in [0.4, 0.5) is 0 Å². The summed E-state index contributed by atoms with van der Waals surface area (Å²) in [5.41, 5.74) is 4.26. The van der Waals surface area contributed by atoms with E-state index in [9.17, 15) is 14.4 Å². The summed E-state index contributed by atoms with van der Waals surface area (Å²) in [6.07, 6.45) is 0.158. The Morgan fingerprint density at radius 3 is 2.04 bits per heavy atom. The second-order valence-electron chi connectivity index (χ2n) is 7.75. The van der Waals surface area contributed by atoms with E-state index < -0.39 is 27.5 Å². The molecule has 0 aromatic heterocycles. The van der Waals surface area contributed by atoms with Gasteiger partial charge in [0.15, 0.2) is 9.76 Å². The summed E-state index contributed by atoms with van der Waals surface area (Å²) in [4.78, 5) is 42.0. The fourth-order valence-electron chi connectivity index (χ4n) is 3.49. The molecule has 2 amide bonds. The number of hydrogen-bond acceptors (Lipinski definition) is 5. The van der Waals surface area contributed by atoms with Gasteiger partial charge in [-0.05, 0) is 53.6 Å². The molecule has 0 N–H and O–H groups in total. The molecule has 2 rings (SSSR count). The molecule has 1 heterocycles. The highest BCUT2D eigenvalue weighted by Crippen LogP contribution is 2.32. The summed E-state index contributed by atoms with van der Waals surface area (Å²) in [6, 6.07) is 0. The lowest BCUT2D eigenvalue weighted by atomic mass is 9.78. The minimum absolute atomic E-state index is 0.0788. The van der Waals surface area contributed by atoms with Crippen LogP contribution < -0.4 is 5.19 Å². The molecule has 0 aliphatic carbocycles. The molecule has 1 aromatic carbocycles. The van der Waals surface area contributed by atoms with Crippen molar-refractivity contribution in [2.75, 3.05) is 0 Å². The Morgan fingerprint density at radius 2 is 1.58 bits per heavy atom. The highest BCUT2D eigenvalue weighted by molar-refractivity contribution is 6.53. The van der Waals surface area contributed by atoms with Crippen LogP contribution in [0.25, 0.3) is 0 Å². The van der Waals surface area contributed by atoms with Crippen LogP contribution in [0.3, 0.4) is 0 Å². The van der Waals surface area contributed by atoms with Crippen LogP contribution in [-0.4, -0.2) is 43.1 Å². The first-order valence-corrected chi connectivity index (χ1v) is 10.8. The third-order valence-corrected chi connectivity index (χ3v) is 7.25. The summed E-state index contributed by atoms with van der Waals surface area (Å²) in [5.74, 6) is -1.59. The molecule has 0 atom stereocenters. The van der Waals surface area contributed by atoms with E-state index >= 15 is 0 Å².